The number of benzene rings is 1. The summed E-state index contributed by atoms with van der Waals surface area (Å²) < 4.78 is 1.98. The lowest BCUT2D eigenvalue weighted by molar-refractivity contribution is -0.114. The van der Waals surface area contributed by atoms with E-state index in [2.05, 4.69) is 15.3 Å². The van der Waals surface area contributed by atoms with Gasteiger partial charge >= 0.3 is 0 Å². The molecule has 2 aromatic heterocycles. The highest BCUT2D eigenvalue weighted by Crippen LogP contribution is 2.21. The Kier molecular flexibility index (Phi) is 3.47. The number of carbonyl (C=O) groups is 1. The molecule has 3 rings (SSSR count). The van der Waals surface area contributed by atoms with Gasteiger partial charge in [0.15, 0.2) is 0 Å². The highest BCUT2D eigenvalue weighted by Gasteiger charge is 2.07. The van der Waals surface area contributed by atoms with Crippen LogP contribution in [0.5, 0.6) is 0 Å². The number of hydrogen-bond acceptors (Lipinski definition) is 3. The molecule has 1 amide bonds. The van der Waals surface area contributed by atoms with Crippen LogP contribution in [0.4, 0.5) is 5.69 Å². The fourth-order valence-electron chi connectivity index (χ4n) is 2.13. The Bertz CT molecular complexity index is 747. The molecule has 0 aliphatic carbocycles. The van der Waals surface area contributed by atoms with E-state index in [0.29, 0.717) is 0 Å². The molecule has 1 N–H and O–H groups in total. The van der Waals surface area contributed by atoms with E-state index >= 15 is 0 Å². The summed E-state index contributed by atoms with van der Waals surface area (Å²) in [6, 6.07) is 11.5. The highest BCUT2D eigenvalue weighted by molar-refractivity contribution is 5.88. The van der Waals surface area contributed by atoms with E-state index in [4.69, 9.17) is 0 Å². The van der Waals surface area contributed by atoms with E-state index in [1.807, 2.05) is 47.2 Å². The van der Waals surface area contributed by atoms with Crippen LogP contribution in [-0.4, -0.2) is 20.4 Å². The van der Waals surface area contributed by atoms with Gasteiger partial charge in [0.1, 0.15) is 5.82 Å². The number of hydrogen-bond donors (Lipinski definition) is 1. The van der Waals surface area contributed by atoms with Crippen LogP contribution in [0, 0.1) is 0 Å². The quantitative estimate of drug-likeness (QED) is 0.801. The van der Waals surface area contributed by atoms with E-state index in [-0.39, 0.29) is 5.91 Å². The third-order valence-corrected chi connectivity index (χ3v) is 3.03. The molecule has 0 fully saturated rings. The van der Waals surface area contributed by atoms with E-state index in [0.717, 1.165) is 22.8 Å². The second-order valence-electron chi connectivity index (χ2n) is 4.59. The summed E-state index contributed by atoms with van der Waals surface area (Å²) in [5.41, 5.74) is 2.70. The van der Waals surface area contributed by atoms with Gasteiger partial charge in [0.05, 0.1) is 0 Å². The standard InChI is InChI=1S/C16H14N4O/c1-12(21)19-14-4-6-15(7-5-14)20-10-9-18-16(20)13-3-2-8-17-11-13/h2-11H,1H3,(H,19,21). The monoisotopic (exact) mass is 278 g/mol. The molecule has 0 saturated carbocycles. The molecular formula is C16H14N4O. The summed E-state index contributed by atoms with van der Waals surface area (Å²) in [6.45, 7) is 1.49. The molecule has 0 unspecified atom stereocenters. The topological polar surface area (TPSA) is 59.8 Å². The van der Waals surface area contributed by atoms with Crippen LogP contribution in [0.25, 0.3) is 17.1 Å². The number of nitrogens with zero attached hydrogens (tertiary/aromatic N) is 3. The van der Waals surface area contributed by atoms with Crippen molar-refractivity contribution >= 4 is 11.6 Å². The predicted octanol–water partition coefficient (Wildman–Crippen LogP) is 2.89. The van der Waals surface area contributed by atoms with Gasteiger partial charge in [0, 0.05) is 48.6 Å². The van der Waals surface area contributed by atoms with Crippen LogP contribution in [0.1, 0.15) is 6.92 Å². The summed E-state index contributed by atoms with van der Waals surface area (Å²) in [5.74, 6) is 0.747. The van der Waals surface area contributed by atoms with Gasteiger partial charge in [0.25, 0.3) is 0 Å². The van der Waals surface area contributed by atoms with Crippen LogP contribution in [0.15, 0.2) is 61.2 Å². The average molecular weight is 278 g/mol. The Morgan fingerprint density at radius 3 is 2.62 bits per heavy atom. The lowest BCUT2D eigenvalue weighted by atomic mass is 10.2. The molecule has 0 aliphatic rings. The first-order valence-corrected chi connectivity index (χ1v) is 6.56. The first-order chi connectivity index (χ1) is 10.2. The summed E-state index contributed by atoms with van der Waals surface area (Å²) in [5, 5.41) is 2.75. The Hall–Kier alpha value is -2.95. The molecule has 0 saturated heterocycles. The van der Waals surface area contributed by atoms with E-state index in [1.165, 1.54) is 6.92 Å². The van der Waals surface area contributed by atoms with Crippen molar-refractivity contribution in [3.63, 3.8) is 0 Å². The number of aromatic nitrogens is 3. The number of amides is 1. The number of rotatable bonds is 3. The fraction of sp³-hybridized carbons (Fsp3) is 0.0625. The second-order valence-corrected chi connectivity index (χ2v) is 4.59. The maximum atomic E-state index is 11.0. The van der Waals surface area contributed by atoms with Crippen LogP contribution in [0.3, 0.4) is 0 Å². The lowest BCUT2D eigenvalue weighted by Gasteiger charge is -2.09. The van der Waals surface area contributed by atoms with Gasteiger partial charge in [-0.3, -0.25) is 14.3 Å². The molecule has 0 atom stereocenters. The minimum absolute atomic E-state index is 0.0820. The van der Waals surface area contributed by atoms with E-state index in [9.17, 15) is 4.79 Å². The maximum Gasteiger partial charge on any atom is 0.221 e. The first-order valence-electron chi connectivity index (χ1n) is 6.56. The van der Waals surface area contributed by atoms with Crippen LogP contribution in [-0.2, 0) is 4.79 Å². The van der Waals surface area contributed by atoms with Gasteiger partial charge in [0.2, 0.25) is 5.91 Å². The zero-order valence-electron chi connectivity index (χ0n) is 11.5. The number of pyridine rings is 1. The summed E-state index contributed by atoms with van der Waals surface area (Å²) in [6.07, 6.45) is 7.17. The number of anilines is 1. The van der Waals surface area contributed by atoms with Crippen molar-refractivity contribution in [3.8, 4) is 17.1 Å². The SMILES string of the molecule is CC(=O)Nc1ccc(-n2ccnc2-c2cccnc2)cc1. The zero-order chi connectivity index (χ0) is 14.7. The average Bonchev–Trinajstić information content (AvgIpc) is 2.98. The Balaban J connectivity index is 1.95. The van der Waals surface area contributed by atoms with Crippen molar-refractivity contribution in [1.29, 1.82) is 0 Å². The Morgan fingerprint density at radius 2 is 1.95 bits per heavy atom. The van der Waals surface area contributed by atoms with Crippen LogP contribution in [0.2, 0.25) is 0 Å². The highest BCUT2D eigenvalue weighted by atomic mass is 16.1. The van der Waals surface area contributed by atoms with Crippen molar-refractivity contribution in [2.24, 2.45) is 0 Å². The normalized spacial score (nSPS) is 10.3. The van der Waals surface area contributed by atoms with Crippen molar-refractivity contribution in [3.05, 3.63) is 61.2 Å². The molecule has 3 aromatic rings. The van der Waals surface area contributed by atoms with Crippen LogP contribution >= 0.6 is 0 Å². The largest absolute Gasteiger partial charge is 0.326 e. The van der Waals surface area contributed by atoms with E-state index in [1.54, 1.807) is 18.6 Å². The molecule has 0 spiro atoms. The predicted molar refractivity (Wildman–Crippen MR) is 81.1 cm³/mol. The number of carbonyl (C=O) groups excluding carboxylic acids is 1. The van der Waals surface area contributed by atoms with Gasteiger partial charge in [-0.1, -0.05) is 0 Å². The molecule has 5 nitrogen and oxygen atoms in total. The second kappa shape index (κ2) is 5.58. The molecule has 0 aliphatic heterocycles. The maximum absolute atomic E-state index is 11.0. The molecule has 0 bridgehead atoms. The molecule has 2 heterocycles. The van der Waals surface area contributed by atoms with E-state index < -0.39 is 0 Å². The summed E-state index contributed by atoms with van der Waals surface area (Å²) in [4.78, 5) is 19.5. The molecule has 5 heteroatoms. The third kappa shape index (κ3) is 2.81. The molecule has 1 aromatic carbocycles. The minimum atomic E-state index is -0.0820. The molecule has 21 heavy (non-hydrogen) atoms. The summed E-state index contributed by atoms with van der Waals surface area (Å²) >= 11 is 0. The van der Waals surface area contributed by atoms with Gasteiger partial charge in [-0.15, -0.1) is 0 Å². The minimum Gasteiger partial charge on any atom is -0.326 e. The van der Waals surface area contributed by atoms with Gasteiger partial charge in [-0.05, 0) is 36.4 Å². The van der Waals surface area contributed by atoms with Crippen LogP contribution < -0.4 is 5.32 Å². The number of nitrogens with one attached hydrogen (secondary N) is 1. The van der Waals surface area contributed by atoms with Gasteiger partial charge in [-0.25, -0.2) is 4.98 Å². The van der Waals surface area contributed by atoms with Gasteiger partial charge in [-0.2, -0.15) is 0 Å². The van der Waals surface area contributed by atoms with Crippen molar-refractivity contribution in [2.75, 3.05) is 5.32 Å². The van der Waals surface area contributed by atoms with Gasteiger partial charge < -0.3 is 5.32 Å². The lowest BCUT2D eigenvalue weighted by Crippen LogP contribution is -2.05. The zero-order valence-corrected chi connectivity index (χ0v) is 11.5. The molecule has 0 radical (unpaired) electrons. The van der Waals surface area contributed by atoms with Crippen molar-refractivity contribution in [1.82, 2.24) is 14.5 Å². The third-order valence-electron chi connectivity index (χ3n) is 3.03. The fourth-order valence-corrected chi connectivity index (χ4v) is 2.13. The van der Waals surface area contributed by atoms with Crippen molar-refractivity contribution < 1.29 is 4.79 Å². The smallest absolute Gasteiger partial charge is 0.221 e. The Morgan fingerprint density at radius 1 is 1.14 bits per heavy atom. The molecule has 104 valence electrons. The Labute approximate surface area is 122 Å². The molecular weight excluding hydrogens is 264 g/mol. The van der Waals surface area contributed by atoms with Crippen molar-refractivity contribution in [2.45, 2.75) is 6.92 Å². The number of imidazole rings is 1. The first kappa shape index (κ1) is 13.1. The summed E-state index contributed by atoms with van der Waals surface area (Å²) in [7, 11) is 0.